The monoisotopic (exact) mass is 1000 g/mol. The highest BCUT2D eigenvalue weighted by Gasteiger charge is 2.53. The number of aliphatic hydroxyl groups is 4. The van der Waals surface area contributed by atoms with Crippen molar-refractivity contribution in [2.24, 2.45) is 35.5 Å². The molecule has 14 heteroatoms. The van der Waals surface area contributed by atoms with Crippen LogP contribution in [0.2, 0.25) is 0 Å². The average Bonchev–Trinajstić information content (AvgIpc) is 3.37. The topological polar surface area (TPSA) is 193 Å². The second-order valence-corrected chi connectivity index (χ2v) is 21.7. The highest BCUT2D eigenvalue weighted by molar-refractivity contribution is 6.39. The number of piperidine rings is 1. The molecule has 0 aromatic heterocycles. The van der Waals surface area contributed by atoms with Gasteiger partial charge in [-0.25, -0.2) is 4.79 Å². The molecular weight excluding hydrogens is 917 g/mol. The fraction of sp³-hybridized carbons (Fsp3) is 0.690. The molecule has 3 unspecified atom stereocenters. The van der Waals surface area contributed by atoms with Crippen molar-refractivity contribution in [3.8, 4) is 0 Å². The van der Waals surface area contributed by atoms with E-state index < -0.39 is 71.8 Å². The molecular formula is C58H88N2O12. The van der Waals surface area contributed by atoms with Crippen LogP contribution in [0.4, 0.5) is 5.69 Å². The van der Waals surface area contributed by atoms with Gasteiger partial charge in [0.1, 0.15) is 24.4 Å². The molecule has 2 saturated heterocycles. The number of anilines is 1. The number of methoxy groups -OCH3 is 2. The van der Waals surface area contributed by atoms with E-state index in [0.29, 0.717) is 82.7 Å². The van der Waals surface area contributed by atoms with E-state index >= 15 is 0 Å². The number of Topliss-reactive ketones (excluding diaryl/α,β-unsaturated/α-hetero) is 2. The van der Waals surface area contributed by atoms with Crippen LogP contribution in [0.5, 0.6) is 0 Å². The number of cyclic esters (lactones) is 1. The van der Waals surface area contributed by atoms with Crippen molar-refractivity contribution in [2.75, 3.05) is 38.8 Å². The molecule has 1 saturated carbocycles. The predicted octanol–water partition coefficient (Wildman–Crippen LogP) is 7.85. The number of hydrogen-bond acceptors (Lipinski definition) is 13. The van der Waals surface area contributed by atoms with Crippen LogP contribution in [-0.4, -0.2) is 137 Å². The van der Waals surface area contributed by atoms with Crippen molar-refractivity contribution >= 4 is 29.1 Å². The molecule has 1 aromatic rings. The number of allylic oxidation sites excluding steroid dienone is 6. The molecule has 1 amide bonds. The van der Waals surface area contributed by atoms with Crippen LogP contribution in [-0.2, 0) is 38.1 Å². The van der Waals surface area contributed by atoms with Crippen LogP contribution >= 0.6 is 0 Å². The molecule has 3 aliphatic heterocycles. The van der Waals surface area contributed by atoms with Crippen molar-refractivity contribution in [2.45, 2.75) is 186 Å². The van der Waals surface area contributed by atoms with Gasteiger partial charge in [-0.1, -0.05) is 94.8 Å². The van der Waals surface area contributed by atoms with Gasteiger partial charge in [0, 0.05) is 44.8 Å². The minimum absolute atomic E-state index is 0.0300. The molecule has 1 aliphatic carbocycles. The fourth-order valence-corrected chi connectivity index (χ4v) is 11.6. The molecule has 402 valence electrons. The first-order valence-corrected chi connectivity index (χ1v) is 26.9. The summed E-state index contributed by atoms with van der Waals surface area (Å²) in [6, 6.07) is 8.31. The zero-order valence-electron chi connectivity index (χ0n) is 44.7. The number of fused-ring (bicyclic) bond motifs is 3. The first-order valence-electron chi connectivity index (χ1n) is 26.9. The summed E-state index contributed by atoms with van der Waals surface area (Å²) in [4.78, 5) is 60.9. The maximum Gasteiger partial charge on any atom is 0.329 e. The average molecular weight is 1010 g/mol. The smallest absolute Gasteiger partial charge is 0.329 e. The third-order valence-electron chi connectivity index (χ3n) is 16.1. The molecule has 15 atom stereocenters. The summed E-state index contributed by atoms with van der Waals surface area (Å²) in [5.41, 5.74) is 2.40. The molecule has 72 heavy (non-hydrogen) atoms. The first kappa shape index (κ1) is 58.9. The van der Waals surface area contributed by atoms with Gasteiger partial charge >= 0.3 is 5.97 Å². The lowest BCUT2D eigenvalue weighted by molar-refractivity contribution is -0.263. The number of carbonyl (C=O) groups excluding carboxylic acids is 4. The number of hydrogen-bond donors (Lipinski definition) is 4. The molecule has 0 radical (unpaired) electrons. The summed E-state index contributed by atoms with van der Waals surface area (Å²) >= 11 is 0. The minimum atomic E-state index is -2.45. The van der Waals surface area contributed by atoms with Crippen LogP contribution in [0, 0.1) is 35.5 Å². The lowest BCUT2D eigenvalue weighted by Crippen LogP contribution is -2.61. The second kappa shape index (κ2) is 28.0. The zero-order valence-corrected chi connectivity index (χ0v) is 44.7. The van der Waals surface area contributed by atoms with E-state index in [1.807, 2.05) is 94.5 Å². The van der Waals surface area contributed by atoms with E-state index in [4.69, 9.17) is 18.9 Å². The quantitative estimate of drug-likeness (QED) is 0.106. The van der Waals surface area contributed by atoms with Gasteiger partial charge in [0.2, 0.25) is 5.79 Å². The Morgan fingerprint density at radius 3 is 2.26 bits per heavy atom. The Bertz CT molecular complexity index is 2040. The Morgan fingerprint density at radius 2 is 1.57 bits per heavy atom. The number of rotatable bonds is 9. The molecule has 3 fully saturated rings. The molecule has 2 bridgehead atoms. The Hall–Kier alpha value is -4.02. The number of benzene rings is 1. The first-order chi connectivity index (χ1) is 34.3. The third-order valence-corrected chi connectivity index (χ3v) is 16.1. The van der Waals surface area contributed by atoms with E-state index in [0.717, 1.165) is 17.7 Å². The van der Waals surface area contributed by atoms with Crippen molar-refractivity contribution in [1.29, 1.82) is 0 Å². The summed E-state index contributed by atoms with van der Waals surface area (Å²) in [6.45, 7) is 13.8. The van der Waals surface area contributed by atoms with Crippen LogP contribution in [0.3, 0.4) is 0 Å². The molecule has 14 nitrogen and oxygen atoms in total. The zero-order chi connectivity index (χ0) is 52.7. The van der Waals surface area contributed by atoms with Gasteiger partial charge < -0.3 is 49.2 Å². The standard InChI is InChI=1S/C58H88N2O12/c1-37-18-12-10-13-19-39(3)48(59(30-31-61)45-20-14-11-15-21-45)36-46-26-24-43(7)58(68,72-46)55(65)56(66)60-29-17-16-22-47(60)57(67)71-50(40(4)34-44-25-27-49(62)51(35-44)69-8)28-23-38(2)33-42(6)53(64)54(70-9)52(63)41(5)32-37/h10-15,18-21,33,37-38,40-41,43-44,46-51,53-54,61-62,64,68H,16-17,22-32,34-36H2,1-9H3/b13-10+,18-12+,39-19+,42-33+/t37-,38+,40-,41-,43?,44+,46?,47+,48?,49-,50+,51-,53-,54+,58-/m1/s1. The summed E-state index contributed by atoms with van der Waals surface area (Å²) < 4.78 is 24.2. The van der Waals surface area contributed by atoms with Crippen molar-refractivity contribution in [3.05, 3.63) is 77.9 Å². The van der Waals surface area contributed by atoms with Gasteiger partial charge in [-0.3, -0.25) is 14.4 Å². The molecule has 4 aliphatic rings. The number of ketones is 2. The normalized spacial score (nSPS) is 37.5. The van der Waals surface area contributed by atoms with Crippen molar-refractivity contribution in [1.82, 2.24) is 4.90 Å². The summed E-state index contributed by atoms with van der Waals surface area (Å²) in [6.07, 6.45) is 14.6. The lowest BCUT2D eigenvalue weighted by Gasteiger charge is -2.44. The predicted molar refractivity (Wildman–Crippen MR) is 279 cm³/mol. The fourth-order valence-electron chi connectivity index (χ4n) is 11.6. The highest BCUT2D eigenvalue weighted by Crippen LogP contribution is 2.39. The van der Waals surface area contributed by atoms with Crippen LogP contribution in [0.1, 0.15) is 132 Å². The highest BCUT2D eigenvalue weighted by atomic mass is 16.6. The van der Waals surface area contributed by atoms with Crippen LogP contribution in [0.15, 0.2) is 77.9 Å². The van der Waals surface area contributed by atoms with Gasteiger partial charge in [0.25, 0.3) is 11.7 Å². The second-order valence-electron chi connectivity index (χ2n) is 21.7. The maximum absolute atomic E-state index is 14.6. The SMILES string of the molecule is CO[C@@H]1C[C@H](C[C@@H](C)[C@@H]2CC[C@H](C)/C=C(\C)[C@@H](O)[C@@H](OC)C(=O)[C@H](C)C[C@H](C)/C=C/C=C/C=C(\C)C(N(CCO)c3ccccc3)CC3CCC(C)[C@@](O)(O3)C(=O)C(=O)N3CCCC[C@H]3C(=O)O2)CC[C@H]1O. The Morgan fingerprint density at radius 1 is 0.833 bits per heavy atom. The van der Waals surface area contributed by atoms with Gasteiger partial charge in [0.15, 0.2) is 5.78 Å². The van der Waals surface area contributed by atoms with E-state index in [-0.39, 0.29) is 61.2 Å². The molecule has 5 rings (SSSR count). The van der Waals surface area contributed by atoms with Crippen molar-refractivity contribution < 1.29 is 58.6 Å². The minimum Gasteiger partial charge on any atom is -0.461 e. The Balaban J connectivity index is 1.51. The van der Waals surface area contributed by atoms with Crippen molar-refractivity contribution in [3.63, 3.8) is 0 Å². The van der Waals surface area contributed by atoms with E-state index in [1.165, 1.54) is 12.0 Å². The number of para-hydroxylation sites is 1. The number of aliphatic hydroxyl groups excluding tert-OH is 3. The van der Waals surface area contributed by atoms with Gasteiger partial charge in [-0.2, -0.15) is 0 Å². The van der Waals surface area contributed by atoms with Crippen LogP contribution in [0.25, 0.3) is 0 Å². The molecule has 4 N–H and O–H groups in total. The number of esters is 1. The number of nitrogens with zero attached hydrogens (tertiary/aromatic N) is 2. The van der Waals surface area contributed by atoms with E-state index in [1.54, 1.807) is 21.0 Å². The molecule has 1 aromatic carbocycles. The summed E-state index contributed by atoms with van der Waals surface area (Å²) in [5.74, 6) is -6.39. The molecule has 0 spiro atoms. The van der Waals surface area contributed by atoms with E-state index in [2.05, 4.69) is 11.8 Å². The van der Waals surface area contributed by atoms with Gasteiger partial charge in [-0.05, 0) is 139 Å². The van der Waals surface area contributed by atoms with Crippen LogP contribution < -0.4 is 4.90 Å². The Kier molecular flexibility index (Phi) is 22.9. The lowest BCUT2D eigenvalue weighted by atomic mass is 9.78. The number of ether oxygens (including phenoxy) is 4. The largest absolute Gasteiger partial charge is 0.461 e. The van der Waals surface area contributed by atoms with E-state index in [9.17, 15) is 39.6 Å². The maximum atomic E-state index is 14.6. The summed E-state index contributed by atoms with van der Waals surface area (Å²) in [7, 11) is 3.05. The van der Waals surface area contributed by atoms with Gasteiger partial charge in [0.05, 0.1) is 31.0 Å². The third kappa shape index (κ3) is 15.5. The Labute approximate surface area is 429 Å². The molecule has 3 heterocycles. The summed E-state index contributed by atoms with van der Waals surface area (Å²) in [5, 5.41) is 44.8. The number of amides is 1. The number of carbonyl (C=O) groups is 4. The van der Waals surface area contributed by atoms with Gasteiger partial charge in [-0.15, -0.1) is 0 Å².